The molecule has 0 saturated carbocycles. The van der Waals surface area contributed by atoms with Crippen molar-refractivity contribution in [2.24, 2.45) is 0 Å². The van der Waals surface area contributed by atoms with Crippen LogP contribution >= 0.6 is 0 Å². The molecule has 0 aliphatic heterocycles. The first-order valence-corrected chi connectivity index (χ1v) is 9.56. The van der Waals surface area contributed by atoms with Gasteiger partial charge in [-0.15, -0.1) is 0 Å². The molecule has 0 saturated heterocycles. The van der Waals surface area contributed by atoms with Gasteiger partial charge in [0.1, 0.15) is 0 Å². The van der Waals surface area contributed by atoms with Gasteiger partial charge < -0.3 is 20.9 Å². The average Bonchev–Trinajstić information content (AvgIpc) is 2.71. The quantitative estimate of drug-likeness (QED) is 0.640. The highest BCUT2D eigenvalue weighted by atomic mass is 16.2. The summed E-state index contributed by atoms with van der Waals surface area (Å²) in [5, 5.41) is 8.70. The van der Waals surface area contributed by atoms with Crippen LogP contribution in [0.2, 0.25) is 0 Å². The number of hydrogen-bond donors (Lipinski definition) is 3. The lowest BCUT2D eigenvalue weighted by Crippen LogP contribution is -2.31. The average molecular weight is 396 g/mol. The Labute approximate surface area is 171 Å². The predicted molar refractivity (Wildman–Crippen MR) is 115 cm³/mol. The van der Waals surface area contributed by atoms with Gasteiger partial charge in [-0.2, -0.15) is 0 Å². The topological polar surface area (TPSA) is 90.5 Å². The number of anilines is 2. The third kappa shape index (κ3) is 6.64. The molecule has 0 bridgehead atoms. The van der Waals surface area contributed by atoms with Crippen molar-refractivity contribution in [2.45, 2.75) is 26.3 Å². The number of carbonyl (C=O) groups excluding carboxylic acids is 3. The first-order chi connectivity index (χ1) is 13.8. The van der Waals surface area contributed by atoms with Crippen molar-refractivity contribution in [3.63, 3.8) is 0 Å². The van der Waals surface area contributed by atoms with E-state index in [1.54, 1.807) is 62.6 Å². The summed E-state index contributed by atoms with van der Waals surface area (Å²) >= 11 is 0. The summed E-state index contributed by atoms with van der Waals surface area (Å²) in [6.07, 6.45) is 0.852. The van der Waals surface area contributed by atoms with E-state index in [2.05, 4.69) is 16.0 Å². The highest BCUT2D eigenvalue weighted by Gasteiger charge is 2.11. The van der Waals surface area contributed by atoms with Gasteiger partial charge in [0.2, 0.25) is 5.91 Å². The van der Waals surface area contributed by atoms with Gasteiger partial charge >= 0.3 is 0 Å². The Bertz CT molecular complexity index is 880. The van der Waals surface area contributed by atoms with Gasteiger partial charge in [-0.1, -0.05) is 19.1 Å². The standard InChI is InChI=1S/C22H28N4O3/c1-5-15(2)24-21(28)16-8-6-10-18(12-16)23-14-20(27)25-19-11-7-9-17(13-19)22(29)26(3)4/h6-13,15,23H,5,14H2,1-4H3,(H,24,28)(H,25,27). The lowest BCUT2D eigenvalue weighted by Gasteiger charge is -2.13. The smallest absolute Gasteiger partial charge is 0.253 e. The van der Waals surface area contributed by atoms with Crippen molar-refractivity contribution in [3.8, 4) is 0 Å². The lowest BCUT2D eigenvalue weighted by atomic mass is 10.1. The van der Waals surface area contributed by atoms with Crippen molar-refractivity contribution in [2.75, 3.05) is 31.3 Å². The third-order valence-corrected chi connectivity index (χ3v) is 4.37. The second kappa shape index (κ2) is 10.3. The Morgan fingerprint density at radius 2 is 1.59 bits per heavy atom. The molecule has 0 fully saturated rings. The van der Waals surface area contributed by atoms with Crippen LogP contribution in [0.25, 0.3) is 0 Å². The molecule has 7 nitrogen and oxygen atoms in total. The van der Waals surface area contributed by atoms with Crippen molar-refractivity contribution < 1.29 is 14.4 Å². The first-order valence-electron chi connectivity index (χ1n) is 9.56. The summed E-state index contributed by atoms with van der Waals surface area (Å²) in [5.41, 5.74) is 2.26. The maximum Gasteiger partial charge on any atom is 0.253 e. The molecule has 29 heavy (non-hydrogen) atoms. The monoisotopic (exact) mass is 396 g/mol. The molecule has 0 aliphatic rings. The van der Waals surface area contributed by atoms with E-state index >= 15 is 0 Å². The van der Waals surface area contributed by atoms with E-state index in [1.165, 1.54) is 4.90 Å². The van der Waals surface area contributed by atoms with Crippen molar-refractivity contribution in [1.82, 2.24) is 10.2 Å². The molecular weight excluding hydrogens is 368 g/mol. The second-order valence-corrected chi connectivity index (χ2v) is 7.05. The zero-order chi connectivity index (χ0) is 21.4. The van der Waals surface area contributed by atoms with Gasteiger partial charge in [0.15, 0.2) is 0 Å². The van der Waals surface area contributed by atoms with E-state index in [0.717, 1.165) is 6.42 Å². The lowest BCUT2D eigenvalue weighted by molar-refractivity contribution is -0.114. The molecule has 7 heteroatoms. The first kappa shape index (κ1) is 21.9. The Balaban J connectivity index is 1.94. The van der Waals surface area contributed by atoms with Crippen LogP contribution in [0.1, 0.15) is 41.0 Å². The minimum Gasteiger partial charge on any atom is -0.376 e. The Hall–Kier alpha value is -3.35. The van der Waals surface area contributed by atoms with Gasteiger partial charge in [0, 0.05) is 42.6 Å². The van der Waals surface area contributed by atoms with Crippen LogP contribution in [0.5, 0.6) is 0 Å². The molecule has 1 unspecified atom stereocenters. The number of amides is 3. The van der Waals surface area contributed by atoms with Crippen molar-refractivity contribution in [1.29, 1.82) is 0 Å². The molecule has 0 spiro atoms. The fraction of sp³-hybridized carbons (Fsp3) is 0.318. The molecule has 0 heterocycles. The second-order valence-electron chi connectivity index (χ2n) is 7.05. The maximum absolute atomic E-state index is 12.3. The van der Waals surface area contributed by atoms with E-state index < -0.39 is 0 Å². The van der Waals surface area contributed by atoms with E-state index in [1.807, 2.05) is 13.8 Å². The van der Waals surface area contributed by atoms with Gasteiger partial charge in [-0.05, 0) is 49.7 Å². The highest BCUT2D eigenvalue weighted by molar-refractivity contribution is 5.98. The Kier molecular flexibility index (Phi) is 7.77. The number of carbonyl (C=O) groups is 3. The summed E-state index contributed by atoms with van der Waals surface area (Å²) in [4.78, 5) is 38.0. The molecule has 2 aromatic carbocycles. The number of hydrogen-bond acceptors (Lipinski definition) is 4. The molecule has 0 aromatic heterocycles. The molecule has 2 aromatic rings. The van der Waals surface area contributed by atoms with Crippen LogP contribution in [0.3, 0.4) is 0 Å². The summed E-state index contributed by atoms with van der Waals surface area (Å²) in [6, 6.07) is 13.9. The summed E-state index contributed by atoms with van der Waals surface area (Å²) in [7, 11) is 3.35. The molecule has 2 rings (SSSR count). The summed E-state index contributed by atoms with van der Waals surface area (Å²) in [6.45, 7) is 3.99. The van der Waals surface area contributed by atoms with E-state index in [0.29, 0.717) is 22.5 Å². The minimum atomic E-state index is -0.256. The van der Waals surface area contributed by atoms with Crippen LogP contribution < -0.4 is 16.0 Å². The number of nitrogens with zero attached hydrogens (tertiary/aromatic N) is 1. The molecule has 0 radical (unpaired) electrons. The fourth-order valence-electron chi connectivity index (χ4n) is 2.56. The Morgan fingerprint density at radius 3 is 2.24 bits per heavy atom. The van der Waals surface area contributed by atoms with Gasteiger partial charge in [0.25, 0.3) is 11.8 Å². The molecule has 154 valence electrons. The van der Waals surface area contributed by atoms with Gasteiger partial charge in [-0.3, -0.25) is 14.4 Å². The van der Waals surface area contributed by atoms with Crippen LogP contribution in [-0.2, 0) is 4.79 Å². The van der Waals surface area contributed by atoms with E-state index in [9.17, 15) is 14.4 Å². The van der Waals surface area contributed by atoms with Crippen LogP contribution in [0.15, 0.2) is 48.5 Å². The zero-order valence-electron chi connectivity index (χ0n) is 17.3. The van der Waals surface area contributed by atoms with Crippen LogP contribution in [-0.4, -0.2) is 49.3 Å². The zero-order valence-corrected chi connectivity index (χ0v) is 17.3. The summed E-state index contributed by atoms with van der Waals surface area (Å²) < 4.78 is 0. The number of benzene rings is 2. The normalized spacial score (nSPS) is 11.3. The largest absolute Gasteiger partial charge is 0.376 e. The number of nitrogens with one attached hydrogen (secondary N) is 3. The Morgan fingerprint density at radius 1 is 0.966 bits per heavy atom. The van der Waals surface area contributed by atoms with Gasteiger partial charge in [0.05, 0.1) is 6.54 Å². The molecule has 3 N–H and O–H groups in total. The van der Waals surface area contributed by atoms with Gasteiger partial charge in [-0.25, -0.2) is 0 Å². The number of rotatable bonds is 8. The fourth-order valence-corrected chi connectivity index (χ4v) is 2.56. The van der Waals surface area contributed by atoms with Crippen LogP contribution in [0, 0.1) is 0 Å². The maximum atomic E-state index is 12.3. The molecule has 1 atom stereocenters. The third-order valence-electron chi connectivity index (χ3n) is 4.37. The molecule has 3 amide bonds. The minimum absolute atomic E-state index is 0.0300. The van der Waals surface area contributed by atoms with E-state index in [-0.39, 0.29) is 30.3 Å². The SMILES string of the molecule is CCC(C)NC(=O)c1cccc(NCC(=O)Nc2cccc(C(=O)N(C)C)c2)c1. The molecular formula is C22H28N4O3. The van der Waals surface area contributed by atoms with E-state index in [4.69, 9.17) is 0 Å². The van der Waals surface area contributed by atoms with Crippen molar-refractivity contribution in [3.05, 3.63) is 59.7 Å². The predicted octanol–water partition coefficient (Wildman–Crippen LogP) is 2.97. The highest BCUT2D eigenvalue weighted by Crippen LogP contribution is 2.13. The molecule has 0 aliphatic carbocycles. The van der Waals surface area contributed by atoms with Crippen LogP contribution in [0.4, 0.5) is 11.4 Å². The van der Waals surface area contributed by atoms with Crippen molar-refractivity contribution >= 4 is 29.1 Å². The summed E-state index contributed by atoms with van der Waals surface area (Å²) in [5.74, 6) is -0.532.